The number of aromatic amines is 1. The van der Waals surface area contributed by atoms with E-state index < -0.39 is 0 Å². The largest absolute Gasteiger partial charge is 0.361 e. The van der Waals surface area contributed by atoms with Crippen molar-refractivity contribution in [1.29, 1.82) is 0 Å². The molecule has 1 unspecified atom stereocenters. The van der Waals surface area contributed by atoms with Crippen LogP contribution in [0.4, 0.5) is 0 Å². The molecule has 25 heavy (non-hydrogen) atoms. The summed E-state index contributed by atoms with van der Waals surface area (Å²) in [5.41, 5.74) is 6.31. The molecule has 3 aromatic carbocycles. The number of benzene rings is 3. The molecule has 1 nitrogen and oxygen atoms in total. The number of aryl methyl sites for hydroxylation is 1. The summed E-state index contributed by atoms with van der Waals surface area (Å²) in [4.78, 5) is 3.41. The normalized spacial score (nSPS) is 12.7. The van der Waals surface area contributed by atoms with Crippen molar-refractivity contribution in [3.8, 4) is 0 Å². The van der Waals surface area contributed by atoms with Gasteiger partial charge in [0.1, 0.15) is 0 Å². The van der Waals surface area contributed by atoms with Crippen LogP contribution in [0.25, 0.3) is 17.0 Å². The number of rotatable bonds is 4. The molecule has 122 valence electrons. The van der Waals surface area contributed by atoms with Crippen LogP contribution in [-0.4, -0.2) is 4.98 Å². The van der Waals surface area contributed by atoms with Crippen molar-refractivity contribution in [2.75, 3.05) is 0 Å². The molecule has 1 aromatic heterocycles. The molecule has 0 aliphatic heterocycles. The van der Waals surface area contributed by atoms with Crippen LogP contribution in [-0.2, 0) is 0 Å². The summed E-state index contributed by atoms with van der Waals surface area (Å²) in [6.07, 6.45) is 6.66. The summed E-state index contributed by atoms with van der Waals surface area (Å²) in [6.45, 7) is 2.12. The van der Waals surface area contributed by atoms with Crippen LogP contribution >= 0.6 is 0 Å². The highest BCUT2D eigenvalue weighted by atomic mass is 14.7. The zero-order valence-corrected chi connectivity index (χ0v) is 14.3. The van der Waals surface area contributed by atoms with Gasteiger partial charge >= 0.3 is 0 Å². The molecule has 0 bridgehead atoms. The summed E-state index contributed by atoms with van der Waals surface area (Å²) in [5.74, 6) is 0.221. The van der Waals surface area contributed by atoms with E-state index in [9.17, 15) is 0 Å². The van der Waals surface area contributed by atoms with Crippen LogP contribution < -0.4 is 0 Å². The predicted octanol–water partition coefficient (Wildman–Crippen LogP) is 6.32. The first-order valence-electron chi connectivity index (χ1n) is 8.67. The molecule has 0 spiro atoms. The van der Waals surface area contributed by atoms with Gasteiger partial charge in [0.05, 0.1) is 0 Å². The Morgan fingerprint density at radius 1 is 0.800 bits per heavy atom. The summed E-state index contributed by atoms with van der Waals surface area (Å²) in [7, 11) is 0. The monoisotopic (exact) mass is 323 g/mol. The first-order valence-corrected chi connectivity index (χ1v) is 8.67. The van der Waals surface area contributed by atoms with Gasteiger partial charge in [0.25, 0.3) is 0 Å². The third-order valence-corrected chi connectivity index (χ3v) is 4.67. The summed E-state index contributed by atoms with van der Waals surface area (Å²) in [6, 6.07) is 27.8. The van der Waals surface area contributed by atoms with Crippen LogP contribution in [0.3, 0.4) is 0 Å². The number of hydrogen-bond donors (Lipinski definition) is 1. The fourth-order valence-corrected chi connectivity index (χ4v) is 3.29. The minimum Gasteiger partial charge on any atom is -0.361 e. The van der Waals surface area contributed by atoms with Gasteiger partial charge in [-0.15, -0.1) is 0 Å². The second-order valence-corrected chi connectivity index (χ2v) is 6.45. The van der Waals surface area contributed by atoms with Gasteiger partial charge in [-0.1, -0.05) is 90.5 Å². The number of hydrogen-bond acceptors (Lipinski definition) is 0. The van der Waals surface area contributed by atoms with Crippen LogP contribution in [0.5, 0.6) is 0 Å². The molecule has 0 aliphatic rings. The Bertz CT molecular complexity index is 991. The van der Waals surface area contributed by atoms with Crippen molar-refractivity contribution in [2.45, 2.75) is 12.8 Å². The smallest absolute Gasteiger partial charge is 0.0457 e. The van der Waals surface area contributed by atoms with Crippen molar-refractivity contribution in [1.82, 2.24) is 4.98 Å². The van der Waals surface area contributed by atoms with Crippen molar-refractivity contribution in [3.05, 3.63) is 113 Å². The Hall–Kier alpha value is -3.06. The lowest BCUT2D eigenvalue weighted by Gasteiger charge is -2.13. The van der Waals surface area contributed by atoms with Gasteiger partial charge in [0.15, 0.2) is 0 Å². The Morgan fingerprint density at radius 3 is 2.32 bits per heavy atom. The maximum atomic E-state index is 3.41. The maximum absolute atomic E-state index is 3.41. The van der Waals surface area contributed by atoms with Crippen molar-refractivity contribution in [2.24, 2.45) is 0 Å². The highest BCUT2D eigenvalue weighted by Crippen LogP contribution is 2.32. The van der Waals surface area contributed by atoms with Gasteiger partial charge in [-0.3, -0.25) is 0 Å². The SMILES string of the molecule is Cc1ccc(/C=C\C(c2ccccc2)c2c[nH]c3ccccc23)cc1. The van der Waals surface area contributed by atoms with Crippen LogP contribution in [0.15, 0.2) is 91.1 Å². The van der Waals surface area contributed by atoms with Gasteiger partial charge < -0.3 is 4.98 Å². The second-order valence-electron chi connectivity index (χ2n) is 6.45. The molecule has 1 atom stereocenters. The van der Waals surface area contributed by atoms with E-state index >= 15 is 0 Å². The molecule has 0 amide bonds. The Balaban J connectivity index is 1.78. The zero-order valence-electron chi connectivity index (χ0n) is 14.3. The summed E-state index contributed by atoms with van der Waals surface area (Å²) < 4.78 is 0. The van der Waals surface area contributed by atoms with E-state index in [0.717, 1.165) is 0 Å². The predicted molar refractivity (Wildman–Crippen MR) is 107 cm³/mol. The van der Waals surface area contributed by atoms with E-state index in [1.165, 1.54) is 33.2 Å². The van der Waals surface area contributed by atoms with Gasteiger partial charge in [0.2, 0.25) is 0 Å². The lowest BCUT2D eigenvalue weighted by molar-refractivity contribution is 1.04. The third kappa shape index (κ3) is 3.27. The van der Waals surface area contributed by atoms with E-state index in [2.05, 4.69) is 109 Å². The van der Waals surface area contributed by atoms with Gasteiger partial charge in [0, 0.05) is 23.0 Å². The molecule has 0 saturated heterocycles. The van der Waals surface area contributed by atoms with E-state index in [1.807, 2.05) is 0 Å². The minimum absolute atomic E-state index is 0.221. The van der Waals surface area contributed by atoms with Gasteiger partial charge in [-0.2, -0.15) is 0 Å². The van der Waals surface area contributed by atoms with Crippen LogP contribution in [0.1, 0.15) is 28.2 Å². The van der Waals surface area contributed by atoms with Gasteiger partial charge in [-0.05, 0) is 29.7 Å². The molecule has 4 rings (SSSR count). The van der Waals surface area contributed by atoms with Crippen LogP contribution in [0, 0.1) is 6.92 Å². The maximum Gasteiger partial charge on any atom is 0.0457 e. The lowest BCUT2D eigenvalue weighted by atomic mass is 9.90. The van der Waals surface area contributed by atoms with E-state index in [4.69, 9.17) is 0 Å². The molecular formula is C24H21N. The number of allylic oxidation sites excluding steroid dienone is 1. The molecule has 0 fully saturated rings. The molecule has 1 N–H and O–H groups in total. The molecule has 0 saturated carbocycles. The van der Waals surface area contributed by atoms with Crippen LogP contribution in [0.2, 0.25) is 0 Å². The van der Waals surface area contributed by atoms with E-state index in [0.29, 0.717) is 0 Å². The third-order valence-electron chi connectivity index (χ3n) is 4.67. The van der Waals surface area contributed by atoms with Crippen molar-refractivity contribution >= 4 is 17.0 Å². The van der Waals surface area contributed by atoms with Crippen molar-refractivity contribution in [3.63, 3.8) is 0 Å². The first-order chi connectivity index (χ1) is 12.3. The zero-order chi connectivity index (χ0) is 17.1. The topological polar surface area (TPSA) is 15.8 Å². The molecule has 1 heteroatoms. The molecule has 4 aromatic rings. The summed E-state index contributed by atoms with van der Waals surface area (Å²) in [5, 5.41) is 1.28. The standard InChI is InChI=1S/C24H21N/c1-18-11-13-19(14-12-18)15-16-21(20-7-3-2-4-8-20)23-17-25-24-10-6-5-9-22(23)24/h2-17,21,25H,1H3/b16-15-. The van der Waals surface area contributed by atoms with Gasteiger partial charge in [-0.25, -0.2) is 0 Å². The molecule has 1 heterocycles. The second kappa shape index (κ2) is 6.82. The van der Waals surface area contributed by atoms with E-state index in [-0.39, 0.29) is 5.92 Å². The number of H-pyrrole nitrogens is 1. The Labute approximate surface area is 148 Å². The highest BCUT2D eigenvalue weighted by Gasteiger charge is 2.15. The average molecular weight is 323 g/mol. The highest BCUT2D eigenvalue weighted by molar-refractivity contribution is 5.84. The number of aromatic nitrogens is 1. The van der Waals surface area contributed by atoms with Crippen molar-refractivity contribution < 1.29 is 0 Å². The Morgan fingerprint density at radius 2 is 1.52 bits per heavy atom. The fraction of sp³-hybridized carbons (Fsp3) is 0.0833. The Kier molecular flexibility index (Phi) is 4.22. The molecule has 0 radical (unpaired) electrons. The van der Waals surface area contributed by atoms with E-state index in [1.54, 1.807) is 0 Å². The summed E-state index contributed by atoms with van der Waals surface area (Å²) >= 11 is 0. The molecular weight excluding hydrogens is 302 g/mol. The lowest BCUT2D eigenvalue weighted by Crippen LogP contribution is -1.96. The molecule has 0 aliphatic carbocycles. The number of nitrogens with one attached hydrogen (secondary N) is 1. The first kappa shape index (κ1) is 15.5. The average Bonchev–Trinajstić information content (AvgIpc) is 3.08. The fourth-order valence-electron chi connectivity index (χ4n) is 3.29. The quantitative estimate of drug-likeness (QED) is 0.452. The minimum atomic E-state index is 0.221. The number of fused-ring (bicyclic) bond motifs is 1. The number of para-hydroxylation sites is 1.